The van der Waals surface area contributed by atoms with Gasteiger partial charge in [-0.1, -0.05) is 0 Å². The van der Waals surface area contributed by atoms with Crippen molar-refractivity contribution in [1.82, 2.24) is 0 Å². The molecule has 0 radical (unpaired) electrons. The van der Waals surface area contributed by atoms with E-state index in [1.54, 1.807) is 0 Å². The van der Waals surface area contributed by atoms with Gasteiger partial charge < -0.3 is 196 Å². The molecule has 0 unspecified atom stereocenters. The molecule has 0 bridgehead atoms. The molecule has 0 aromatic rings. The Balaban J connectivity index is -0.0000000464. The van der Waals surface area contributed by atoms with Gasteiger partial charge in [-0.05, 0) is 0 Å². The van der Waals surface area contributed by atoms with E-state index in [1.165, 1.54) is 0 Å². The summed E-state index contributed by atoms with van der Waals surface area (Å²) in [5.74, 6) is 0. The molecule has 0 spiro atoms. The van der Waals surface area contributed by atoms with Gasteiger partial charge in [0.15, 0.2) is 0 Å². The molecular formula is C30H78Fe3N6O39+6. The Morgan fingerprint density at radius 2 is 0.179 bits per heavy atom. The van der Waals surface area contributed by atoms with E-state index in [9.17, 15) is 0 Å². The maximum atomic E-state index is 8.25. The van der Waals surface area contributed by atoms with Gasteiger partial charge in [-0.2, -0.15) is 0 Å². The summed E-state index contributed by atoms with van der Waals surface area (Å²) in [7, 11) is 0. The summed E-state index contributed by atoms with van der Waals surface area (Å²) in [5, 5.41) is 88.5. The van der Waals surface area contributed by atoms with Crippen LogP contribution in [0.3, 0.4) is 0 Å². The maximum Gasteiger partial charge on any atom is 2.00 e. The standard InChI is InChI=1S/3C10H20O5.3Fe.6NO3.6H2O/c3*1-2-12-5-6-14-9-10-15-8-7-13-4-3-11-1;;;;6*2-1(3)4;;;;;;/h3*1-10H2;;;;;;;;;;6*1H2/q;;;3*+2;6*-1;;;;;;/p+6. The average molecular weight is 1310 g/mol. The molecule has 0 amide bonds. The Labute approximate surface area is 474 Å². The van der Waals surface area contributed by atoms with Gasteiger partial charge >= 0.3 is 51.2 Å². The number of rotatable bonds is 0. The van der Waals surface area contributed by atoms with Gasteiger partial charge in [-0.3, -0.25) is 0 Å². The Morgan fingerprint density at radius 3 is 0.205 bits per heavy atom. The number of nitrogens with zero attached hydrogens (tertiary/aromatic N) is 6. The molecule has 18 N–H and O–H groups in total. The summed E-state index contributed by atoms with van der Waals surface area (Å²) in [6, 6.07) is 0. The quantitative estimate of drug-likeness (QED) is 0.0941. The van der Waals surface area contributed by atoms with Crippen LogP contribution in [0, 0.1) is 91.9 Å². The van der Waals surface area contributed by atoms with Crippen molar-refractivity contribution >= 4 is 0 Å². The predicted octanol–water partition coefficient (Wildman–Crippen LogP) is -6.72. The van der Waals surface area contributed by atoms with Crippen molar-refractivity contribution < 1.29 is 186 Å². The van der Waals surface area contributed by atoms with Crippen molar-refractivity contribution in [3.63, 3.8) is 0 Å². The Bertz CT molecular complexity index is 756. The smallest absolute Gasteiger partial charge is 0.457 e. The summed E-state index contributed by atoms with van der Waals surface area (Å²) in [6.45, 7) is 18.3. The average Bonchev–Trinajstić information content (AvgIpc) is 3.27. The molecule has 45 nitrogen and oxygen atoms in total. The van der Waals surface area contributed by atoms with Crippen molar-refractivity contribution in [2.24, 2.45) is 0 Å². The molecule has 3 fully saturated rings. The molecule has 78 heavy (non-hydrogen) atoms. The van der Waals surface area contributed by atoms with E-state index in [0.29, 0.717) is 198 Å². The first-order chi connectivity index (χ1) is 32.9. The van der Waals surface area contributed by atoms with Gasteiger partial charge in [0.1, 0.15) is 0 Å². The summed E-state index contributed by atoms with van der Waals surface area (Å²) in [4.78, 5) is 49.5. The monoisotopic (exact) mass is 1310 g/mol. The summed E-state index contributed by atoms with van der Waals surface area (Å²) in [6.07, 6.45) is 0. The van der Waals surface area contributed by atoms with E-state index in [-0.39, 0.29) is 84.1 Å². The molecule has 0 aromatic carbocycles. The molecule has 3 rings (SSSR count). The van der Waals surface area contributed by atoms with Crippen LogP contribution < -0.4 is 0 Å². The molecule has 0 aromatic heterocycles. The molecular weight excluding hydrogens is 1240 g/mol. The van der Waals surface area contributed by atoms with E-state index < -0.39 is 30.5 Å². The fraction of sp³-hybridized carbons (Fsp3) is 1.00. The minimum absolute atomic E-state index is 0. The summed E-state index contributed by atoms with van der Waals surface area (Å²) in [5.41, 5.74) is 0. The molecule has 0 aliphatic carbocycles. The van der Waals surface area contributed by atoms with Crippen LogP contribution in [0.4, 0.5) is 0 Å². The van der Waals surface area contributed by atoms with E-state index >= 15 is 0 Å². The predicted molar refractivity (Wildman–Crippen MR) is 254 cm³/mol. The van der Waals surface area contributed by atoms with Crippen LogP contribution in [0.15, 0.2) is 0 Å². The molecule has 3 aliphatic rings. The second-order valence-corrected chi connectivity index (χ2v) is 10.5. The van der Waals surface area contributed by atoms with Crippen LogP contribution in [0.25, 0.3) is 0 Å². The Morgan fingerprint density at radius 1 is 0.154 bits per heavy atom. The normalized spacial score (nSPS) is 15.7. The summed E-state index contributed by atoms with van der Waals surface area (Å²) < 4.78 is 79.2. The van der Waals surface area contributed by atoms with E-state index in [0.717, 1.165) is 0 Å². The molecule has 48 heteroatoms. The van der Waals surface area contributed by atoms with Gasteiger partial charge in [0.25, 0.3) is 0 Å². The van der Waals surface area contributed by atoms with Crippen LogP contribution in [-0.4, -0.2) is 229 Å². The number of hydrogen-bond acceptors (Lipinski definition) is 33. The molecule has 0 atom stereocenters. The minimum atomic E-state index is -1.75. The Hall–Kier alpha value is -4.08. The number of ether oxygens (including phenoxy) is 15. The zero-order valence-electron chi connectivity index (χ0n) is 41.9. The molecule has 3 saturated heterocycles. The van der Waals surface area contributed by atoms with Crippen LogP contribution in [0.1, 0.15) is 0 Å². The molecule has 3 heterocycles. The Kier molecular flexibility index (Phi) is 158. The third-order valence-corrected chi connectivity index (χ3v) is 5.58. The summed E-state index contributed by atoms with van der Waals surface area (Å²) >= 11 is 0. The van der Waals surface area contributed by atoms with Crippen molar-refractivity contribution in [3.8, 4) is 0 Å². The molecule has 0 saturated carbocycles. The van der Waals surface area contributed by atoms with Crippen molar-refractivity contribution in [2.45, 2.75) is 0 Å². The first-order valence-electron chi connectivity index (χ1n) is 19.4. The van der Waals surface area contributed by atoms with Crippen molar-refractivity contribution in [3.05, 3.63) is 91.9 Å². The SMILES string of the molecule is C1COCCOCCOCCOCCO1.C1COCCOCCOCCOCCO1.C1COCCOCCOCCOCCO1.O=[N+]([O-])[O-].O=[N+]([O-])[O-].O=[N+]([O-])[O-].O=[N+]([O-])[O-].O=[N+]([O-])[O-].O=[N+]([O-])[O-].[Fe+2].[Fe+2].[Fe+2].[OH3+].[OH3+].[OH3+].[OH3+].[OH3+].[OH3+]. The zero-order valence-corrected chi connectivity index (χ0v) is 45.2. The van der Waals surface area contributed by atoms with Crippen LogP contribution in [0.2, 0.25) is 0 Å². The van der Waals surface area contributed by atoms with Gasteiger partial charge in [0.05, 0.1) is 229 Å². The van der Waals surface area contributed by atoms with Crippen LogP contribution in [0.5, 0.6) is 0 Å². The van der Waals surface area contributed by atoms with Gasteiger partial charge in [-0.15, -0.1) is 0 Å². The van der Waals surface area contributed by atoms with Crippen molar-refractivity contribution in [1.29, 1.82) is 0 Å². The largest absolute Gasteiger partial charge is 2.00 e. The first kappa shape index (κ1) is 113. The minimum Gasteiger partial charge on any atom is -0.457 e. The second-order valence-electron chi connectivity index (χ2n) is 10.5. The van der Waals surface area contributed by atoms with Gasteiger partial charge in [-0.25, -0.2) is 0 Å². The van der Waals surface area contributed by atoms with Gasteiger partial charge in [0, 0.05) is 0 Å². The number of hydrogen-bond donors (Lipinski definition) is 0. The third kappa shape index (κ3) is 216. The fourth-order valence-electron chi connectivity index (χ4n) is 3.30. The maximum absolute atomic E-state index is 8.25. The first-order valence-corrected chi connectivity index (χ1v) is 19.4. The third-order valence-electron chi connectivity index (χ3n) is 5.58. The van der Waals surface area contributed by atoms with Crippen LogP contribution in [-0.2, 0) is 155 Å². The molecule has 3 aliphatic heterocycles. The van der Waals surface area contributed by atoms with Crippen LogP contribution >= 0.6 is 0 Å². The zero-order chi connectivity index (χ0) is 53.3. The van der Waals surface area contributed by atoms with E-state index in [4.69, 9.17) is 163 Å². The second kappa shape index (κ2) is 109. The van der Waals surface area contributed by atoms with E-state index in [1.807, 2.05) is 0 Å². The van der Waals surface area contributed by atoms with E-state index in [2.05, 4.69) is 0 Å². The van der Waals surface area contributed by atoms with Gasteiger partial charge in [0.2, 0.25) is 0 Å². The van der Waals surface area contributed by atoms with Crippen molar-refractivity contribution in [2.75, 3.05) is 198 Å². The fourth-order valence-corrected chi connectivity index (χ4v) is 3.30. The molecule has 480 valence electrons. The topological polar surface area (TPSA) is 734 Å².